The Bertz CT molecular complexity index is 235. The predicted molar refractivity (Wildman–Crippen MR) is 57.6 cm³/mol. The van der Waals surface area contributed by atoms with E-state index in [1.54, 1.807) is 0 Å². The van der Waals surface area contributed by atoms with Crippen LogP contribution in [0.15, 0.2) is 0 Å². The lowest BCUT2D eigenvalue weighted by Gasteiger charge is -2.07. The van der Waals surface area contributed by atoms with Gasteiger partial charge in [0.15, 0.2) is 0 Å². The third-order valence-corrected chi connectivity index (χ3v) is 3.20. The van der Waals surface area contributed by atoms with Gasteiger partial charge in [0.05, 0.1) is 6.42 Å². The molecule has 0 saturated heterocycles. The number of hydrogen-bond acceptors (Lipinski definition) is 2. The fourth-order valence-corrected chi connectivity index (χ4v) is 2.38. The van der Waals surface area contributed by atoms with Gasteiger partial charge in [-0.25, -0.2) is 0 Å². The number of carbonyl (C=O) groups is 2. The van der Waals surface area contributed by atoms with Crippen LogP contribution < -0.4 is 0 Å². The van der Waals surface area contributed by atoms with Gasteiger partial charge in [-0.3, -0.25) is 9.59 Å². The Labute approximate surface area is 90.9 Å². The molecule has 2 atom stereocenters. The first-order valence-corrected chi connectivity index (χ1v) is 5.88. The van der Waals surface area contributed by atoms with Crippen LogP contribution in [-0.2, 0) is 9.59 Å². The van der Waals surface area contributed by atoms with Gasteiger partial charge in [-0.05, 0) is 12.3 Å². The number of hydrogen-bond donors (Lipinski definition) is 1. The molecule has 0 aromatic heterocycles. The van der Waals surface area contributed by atoms with Crippen LogP contribution in [0.4, 0.5) is 0 Å². The minimum Gasteiger partial charge on any atom is -0.481 e. The van der Waals surface area contributed by atoms with E-state index in [2.05, 4.69) is 6.92 Å². The Balaban J connectivity index is 2.28. The van der Waals surface area contributed by atoms with Crippen molar-refractivity contribution in [1.29, 1.82) is 0 Å². The highest BCUT2D eigenvalue weighted by Crippen LogP contribution is 2.33. The molecule has 0 aromatic carbocycles. The van der Waals surface area contributed by atoms with E-state index in [0.29, 0.717) is 12.3 Å². The summed E-state index contributed by atoms with van der Waals surface area (Å²) in [6.45, 7) is 2.16. The predicted octanol–water partition coefficient (Wildman–Crippen LogP) is 2.64. The molecule has 1 aliphatic rings. The van der Waals surface area contributed by atoms with Crippen LogP contribution in [0.2, 0.25) is 0 Å². The largest absolute Gasteiger partial charge is 0.481 e. The molecule has 0 aromatic rings. The molecule has 2 unspecified atom stereocenters. The highest BCUT2D eigenvalue weighted by atomic mass is 16.4. The first-order valence-electron chi connectivity index (χ1n) is 5.88. The SMILES string of the molecule is CCCCCC1CC(=O)C(CC(=O)O)C1. The van der Waals surface area contributed by atoms with Crippen LogP contribution in [0.25, 0.3) is 0 Å². The van der Waals surface area contributed by atoms with Crippen molar-refractivity contribution in [3.05, 3.63) is 0 Å². The molecule has 0 heterocycles. The van der Waals surface area contributed by atoms with Gasteiger partial charge in [0.2, 0.25) is 0 Å². The van der Waals surface area contributed by atoms with Gasteiger partial charge in [0.1, 0.15) is 5.78 Å². The molecule has 1 saturated carbocycles. The molecule has 0 amide bonds. The van der Waals surface area contributed by atoms with Crippen molar-refractivity contribution in [2.45, 2.75) is 51.9 Å². The quantitative estimate of drug-likeness (QED) is 0.688. The number of ketones is 1. The van der Waals surface area contributed by atoms with Gasteiger partial charge >= 0.3 is 5.97 Å². The second-order valence-corrected chi connectivity index (χ2v) is 4.56. The van der Waals surface area contributed by atoms with E-state index in [4.69, 9.17) is 5.11 Å². The van der Waals surface area contributed by atoms with E-state index < -0.39 is 5.97 Å². The topological polar surface area (TPSA) is 54.4 Å². The minimum atomic E-state index is -0.845. The second-order valence-electron chi connectivity index (χ2n) is 4.56. The van der Waals surface area contributed by atoms with E-state index in [0.717, 1.165) is 12.8 Å². The summed E-state index contributed by atoms with van der Waals surface area (Å²) in [5, 5.41) is 8.64. The van der Waals surface area contributed by atoms with Gasteiger partial charge in [-0.1, -0.05) is 32.6 Å². The molecular weight excluding hydrogens is 192 g/mol. The van der Waals surface area contributed by atoms with Crippen molar-refractivity contribution < 1.29 is 14.7 Å². The fraction of sp³-hybridized carbons (Fsp3) is 0.833. The van der Waals surface area contributed by atoms with Crippen LogP contribution >= 0.6 is 0 Å². The standard InChI is InChI=1S/C12H20O3/c1-2-3-4-5-9-6-10(8-12(14)15)11(13)7-9/h9-10H,2-8H2,1H3,(H,14,15). The number of rotatable bonds is 6. The first-order chi connectivity index (χ1) is 7.13. The maximum atomic E-state index is 11.5. The Hall–Kier alpha value is -0.860. The lowest BCUT2D eigenvalue weighted by atomic mass is 9.97. The zero-order chi connectivity index (χ0) is 11.3. The number of carboxylic acids is 1. The van der Waals surface area contributed by atoms with Crippen LogP contribution in [0.5, 0.6) is 0 Å². The van der Waals surface area contributed by atoms with Crippen molar-refractivity contribution >= 4 is 11.8 Å². The molecule has 0 bridgehead atoms. The van der Waals surface area contributed by atoms with Gasteiger partial charge in [-0.2, -0.15) is 0 Å². The van der Waals surface area contributed by atoms with Crippen molar-refractivity contribution in [3.8, 4) is 0 Å². The Morgan fingerprint density at radius 1 is 1.47 bits per heavy atom. The first kappa shape index (κ1) is 12.2. The zero-order valence-electron chi connectivity index (χ0n) is 9.37. The lowest BCUT2D eigenvalue weighted by Crippen LogP contribution is -2.11. The van der Waals surface area contributed by atoms with Gasteiger partial charge < -0.3 is 5.11 Å². The number of carbonyl (C=O) groups excluding carboxylic acids is 1. The Morgan fingerprint density at radius 2 is 2.20 bits per heavy atom. The number of unbranched alkanes of at least 4 members (excludes halogenated alkanes) is 2. The molecule has 1 rings (SSSR count). The van der Waals surface area contributed by atoms with Crippen LogP contribution in [0.1, 0.15) is 51.9 Å². The maximum absolute atomic E-state index is 11.5. The third-order valence-electron chi connectivity index (χ3n) is 3.20. The van der Waals surface area contributed by atoms with E-state index in [1.165, 1.54) is 19.3 Å². The molecule has 0 radical (unpaired) electrons. The molecule has 3 heteroatoms. The van der Waals surface area contributed by atoms with E-state index in [-0.39, 0.29) is 18.1 Å². The Kier molecular flexibility index (Phi) is 4.79. The number of aliphatic carboxylic acids is 1. The van der Waals surface area contributed by atoms with Gasteiger partial charge in [0, 0.05) is 12.3 Å². The van der Waals surface area contributed by atoms with E-state index >= 15 is 0 Å². The Morgan fingerprint density at radius 3 is 2.80 bits per heavy atom. The number of Topliss-reactive ketones (excluding diaryl/α,β-unsaturated/α-hetero) is 1. The molecule has 0 aliphatic heterocycles. The summed E-state index contributed by atoms with van der Waals surface area (Å²) in [4.78, 5) is 22.0. The van der Waals surface area contributed by atoms with Gasteiger partial charge in [-0.15, -0.1) is 0 Å². The van der Waals surface area contributed by atoms with Crippen molar-refractivity contribution in [3.63, 3.8) is 0 Å². The van der Waals surface area contributed by atoms with Crippen molar-refractivity contribution in [2.75, 3.05) is 0 Å². The summed E-state index contributed by atoms with van der Waals surface area (Å²) in [5.41, 5.74) is 0. The molecule has 1 aliphatic carbocycles. The molecular formula is C12H20O3. The maximum Gasteiger partial charge on any atom is 0.304 e. The van der Waals surface area contributed by atoms with Crippen LogP contribution in [0, 0.1) is 11.8 Å². The smallest absolute Gasteiger partial charge is 0.304 e. The molecule has 86 valence electrons. The monoisotopic (exact) mass is 212 g/mol. The fourth-order valence-electron chi connectivity index (χ4n) is 2.38. The van der Waals surface area contributed by atoms with Crippen molar-refractivity contribution in [2.24, 2.45) is 11.8 Å². The molecule has 1 fully saturated rings. The van der Waals surface area contributed by atoms with Crippen LogP contribution in [-0.4, -0.2) is 16.9 Å². The summed E-state index contributed by atoms with van der Waals surface area (Å²) in [6.07, 6.45) is 6.12. The highest BCUT2D eigenvalue weighted by Gasteiger charge is 2.33. The summed E-state index contributed by atoms with van der Waals surface area (Å²) in [7, 11) is 0. The molecule has 3 nitrogen and oxygen atoms in total. The second kappa shape index (κ2) is 5.89. The van der Waals surface area contributed by atoms with Gasteiger partial charge in [0.25, 0.3) is 0 Å². The molecule has 0 spiro atoms. The van der Waals surface area contributed by atoms with Crippen LogP contribution in [0.3, 0.4) is 0 Å². The minimum absolute atomic E-state index is 0.0309. The highest BCUT2D eigenvalue weighted by molar-refractivity contribution is 5.86. The summed E-state index contributed by atoms with van der Waals surface area (Å²) in [5.74, 6) is -0.427. The number of carboxylic acid groups (broad SMARTS) is 1. The molecule has 15 heavy (non-hydrogen) atoms. The molecule has 1 N–H and O–H groups in total. The average Bonchev–Trinajstić information content (AvgIpc) is 2.47. The van der Waals surface area contributed by atoms with E-state index in [9.17, 15) is 9.59 Å². The van der Waals surface area contributed by atoms with E-state index in [1.807, 2.05) is 0 Å². The zero-order valence-corrected chi connectivity index (χ0v) is 9.37. The van der Waals surface area contributed by atoms with Crippen molar-refractivity contribution in [1.82, 2.24) is 0 Å². The average molecular weight is 212 g/mol. The summed E-state index contributed by atoms with van der Waals surface area (Å²) < 4.78 is 0. The summed E-state index contributed by atoms with van der Waals surface area (Å²) >= 11 is 0. The normalized spacial score (nSPS) is 25.8. The summed E-state index contributed by atoms with van der Waals surface area (Å²) in [6, 6.07) is 0. The lowest BCUT2D eigenvalue weighted by molar-refractivity contribution is -0.140. The third kappa shape index (κ3) is 4.02.